The van der Waals surface area contributed by atoms with E-state index in [0.29, 0.717) is 13.2 Å². The summed E-state index contributed by atoms with van der Waals surface area (Å²) >= 11 is 0. The summed E-state index contributed by atoms with van der Waals surface area (Å²) in [7, 11) is 1.73. The van der Waals surface area contributed by atoms with E-state index in [2.05, 4.69) is 11.8 Å². The molecule has 0 radical (unpaired) electrons. The van der Waals surface area contributed by atoms with E-state index in [-0.39, 0.29) is 11.6 Å². The van der Waals surface area contributed by atoms with Gasteiger partial charge >= 0.3 is 5.97 Å². The second-order valence-corrected chi connectivity index (χ2v) is 4.27. The second kappa shape index (κ2) is 5.47. The highest BCUT2D eigenvalue weighted by Gasteiger charge is 2.31. The average molecular weight is 215 g/mol. The van der Waals surface area contributed by atoms with Gasteiger partial charge in [0, 0.05) is 13.7 Å². The van der Waals surface area contributed by atoms with Crippen LogP contribution in [0, 0.1) is 0 Å². The molecule has 1 fully saturated rings. The van der Waals surface area contributed by atoms with Crippen molar-refractivity contribution in [1.29, 1.82) is 0 Å². The molecule has 0 N–H and O–H groups in total. The first kappa shape index (κ1) is 12.5. The van der Waals surface area contributed by atoms with Gasteiger partial charge in [0.1, 0.15) is 0 Å². The van der Waals surface area contributed by atoms with E-state index in [1.165, 1.54) is 0 Å². The standard InChI is InChI=1S/C11H21NO3/c1-4-15-10(13)8-12-7-5-6-11(2,9-12)14-3/h4-9H2,1-3H3. The van der Waals surface area contributed by atoms with Crippen molar-refractivity contribution in [3.63, 3.8) is 0 Å². The number of hydrogen-bond acceptors (Lipinski definition) is 4. The quantitative estimate of drug-likeness (QED) is 0.657. The molecule has 0 bridgehead atoms. The Morgan fingerprint density at radius 1 is 1.53 bits per heavy atom. The highest BCUT2D eigenvalue weighted by atomic mass is 16.5. The van der Waals surface area contributed by atoms with Crippen LogP contribution in [0.3, 0.4) is 0 Å². The van der Waals surface area contributed by atoms with E-state index >= 15 is 0 Å². The van der Waals surface area contributed by atoms with Crippen molar-refractivity contribution in [2.45, 2.75) is 32.3 Å². The van der Waals surface area contributed by atoms with Crippen molar-refractivity contribution in [3.05, 3.63) is 0 Å². The smallest absolute Gasteiger partial charge is 0.320 e. The van der Waals surface area contributed by atoms with E-state index in [4.69, 9.17) is 9.47 Å². The maximum Gasteiger partial charge on any atom is 0.320 e. The minimum absolute atomic E-state index is 0.106. The van der Waals surface area contributed by atoms with Crippen LogP contribution in [-0.2, 0) is 14.3 Å². The van der Waals surface area contributed by atoms with E-state index in [9.17, 15) is 4.79 Å². The number of likely N-dealkylation sites (tertiary alicyclic amines) is 1. The van der Waals surface area contributed by atoms with Crippen molar-refractivity contribution >= 4 is 5.97 Å². The molecule has 0 aliphatic carbocycles. The van der Waals surface area contributed by atoms with Gasteiger partial charge in [-0.05, 0) is 33.2 Å². The number of esters is 1. The number of hydrogen-bond donors (Lipinski definition) is 0. The number of methoxy groups -OCH3 is 1. The van der Waals surface area contributed by atoms with Crippen molar-refractivity contribution in [1.82, 2.24) is 4.90 Å². The zero-order chi connectivity index (χ0) is 11.3. The Morgan fingerprint density at radius 2 is 2.27 bits per heavy atom. The average Bonchev–Trinajstić information content (AvgIpc) is 2.18. The third-order valence-electron chi connectivity index (χ3n) is 2.89. The number of carbonyl (C=O) groups excluding carboxylic acids is 1. The van der Waals surface area contributed by atoms with Crippen molar-refractivity contribution in [3.8, 4) is 0 Å². The number of rotatable bonds is 4. The molecule has 0 amide bonds. The van der Waals surface area contributed by atoms with Crippen LogP contribution in [0.25, 0.3) is 0 Å². The van der Waals surface area contributed by atoms with Crippen LogP contribution in [0.5, 0.6) is 0 Å². The first-order valence-corrected chi connectivity index (χ1v) is 5.53. The van der Waals surface area contributed by atoms with Crippen LogP contribution >= 0.6 is 0 Å². The molecule has 4 nitrogen and oxygen atoms in total. The van der Waals surface area contributed by atoms with Gasteiger partial charge < -0.3 is 9.47 Å². The maximum absolute atomic E-state index is 11.3. The Labute approximate surface area is 91.5 Å². The largest absolute Gasteiger partial charge is 0.465 e. The summed E-state index contributed by atoms with van der Waals surface area (Å²) in [5, 5.41) is 0. The van der Waals surface area contributed by atoms with Gasteiger partial charge in [-0.1, -0.05) is 0 Å². The van der Waals surface area contributed by atoms with E-state index in [0.717, 1.165) is 25.9 Å². The lowest BCUT2D eigenvalue weighted by molar-refractivity contribution is -0.146. The van der Waals surface area contributed by atoms with Crippen LogP contribution in [0.1, 0.15) is 26.7 Å². The van der Waals surface area contributed by atoms with Crippen LogP contribution in [0.2, 0.25) is 0 Å². The molecule has 4 heteroatoms. The molecule has 1 saturated heterocycles. The third-order valence-corrected chi connectivity index (χ3v) is 2.89. The summed E-state index contributed by atoms with van der Waals surface area (Å²) in [6.45, 7) is 6.51. The fourth-order valence-electron chi connectivity index (χ4n) is 2.00. The molecular weight excluding hydrogens is 194 g/mol. The Morgan fingerprint density at radius 3 is 2.87 bits per heavy atom. The Hall–Kier alpha value is -0.610. The fraction of sp³-hybridized carbons (Fsp3) is 0.909. The molecule has 0 spiro atoms. The number of piperidine rings is 1. The lowest BCUT2D eigenvalue weighted by Gasteiger charge is -2.38. The summed E-state index contributed by atoms with van der Waals surface area (Å²) in [5.41, 5.74) is -0.106. The molecule has 1 atom stereocenters. The predicted octanol–water partition coefficient (Wildman–Crippen LogP) is 1.05. The number of carbonyl (C=O) groups is 1. The number of nitrogens with zero attached hydrogens (tertiary/aromatic N) is 1. The molecule has 0 saturated carbocycles. The molecule has 0 aromatic heterocycles. The highest BCUT2D eigenvalue weighted by molar-refractivity contribution is 5.71. The minimum atomic E-state index is -0.141. The summed E-state index contributed by atoms with van der Waals surface area (Å²) in [5.74, 6) is -0.141. The van der Waals surface area contributed by atoms with Crippen LogP contribution in [0.15, 0.2) is 0 Å². The van der Waals surface area contributed by atoms with E-state index in [1.54, 1.807) is 7.11 Å². The molecule has 0 aromatic carbocycles. The van der Waals surface area contributed by atoms with Crippen LogP contribution in [0.4, 0.5) is 0 Å². The molecule has 1 rings (SSSR count). The van der Waals surface area contributed by atoms with Gasteiger partial charge in [0.2, 0.25) is 0 Å². The van der Waals surface area contributed by atoms with Crippen molar-refractivity contribution in [2.75, 3.05) is 33.4 Å². The minimum Gasteiger partial charge on any atom is -0.465 e. The summed E-state index contributed by atoms with van der Waals surface area (Å²) < 4.78 is 10.4. The summed E-state index contributed by atoms with van der Waals surface area (Å²) in [6, 6.07) is 0. The second-order valence-electron chi connectivity index (χ2n) is 4.27. The predicted molar refractivity (Wildman–Crippen MR) is 57.7 cm³/mol. The summed E-state index contributed by atoms with van der Waals surface area (Å²) in [6.07, 6.45) is 2.13. The van der Waals surface area contributed by atoms with Gasteiger partial charge in [-0.15, -0.1) is 0 Å². The van der Waals surface area contributed by atoms with Gasteiger partial charge in [0.15, 0.2) is 0 Å². The number of ether oxygens (including phenoxy) is 2. The van der Waals surface area contributed by atoms with Gasteiger partial charge in [0.05, 0.1) is 18.8 Å². The Kier molecular flexibility index (Phi) is 4.54. The lowest BCUT2D eigenvalue weighted by Crippen LogP contribution is -2.49. The molecule has 1 aliphatic rings. The van der Waals surface area contributed by atoms with E-state index < -0.39 is 0 Å². The van der Waals surface area contributed by atoms with Crippen LogP contribution in [-0.4, -0.2) is 49.8 Å². The highest BCUT2D eigenvalue weighted by Crippen LogP contribution is 2.23. The topological polar surface area (TPSA) is 38.8 Å². The Bertz CT molecular complexity index is 220. The normalized spacial score (nSPS) is 27.7. The Balaban J connectivity index is 2.39. The molecule has 88 valence electrons. The maximum atomic E-state index is 11.3. The SMILES string of the molecule is CCOC(=O)CN1CCCC(C)(OC)C1. The van der Waals surface area contributed by atoms with E-state index in [1.807, 2.05) is 6.92 Å². The zero-order valence-corrected chi connectivity index (χ0v) is 9.91. The molecule has 15 heavy (non-hydrogen) atoms. The zero-order valence-electron chi connectivity index (χ0n) is 9.91. The first-order chi connectivity index (χ1) is 7.09. The molecular formula is C11H21NO3. The molecule has 1 aliphatic heterocycles. The van der Waals surface area contributed by atoms with Gasteiger partial charge in [-0.2, -0.15) is 0 Å². The molecule has 1 heterocycles. The molecule has 0 aromatic rings. The van der Waals surface area contributed by atoms with Gasteiger partial charge in [-0.25, -0.2) is 0 Å². The van der Waals surface area contributed by atoms with Crippen LogP contribution < -0.4 is 0 Å². The third kappa shape index (κ3) is 3.80. The van der Waals surface area contributed by atoms with Gasteiger partial charge in [-0.3, -0.25) is 9.69 Å². The van der Waals surface area contributed by atoms with Gasteiger partial charge in [0.25, 0.3) is 0 Å². The first-order valence-electron chi connectivity index (χ1n) is 5.53. The molecule has 1 unspecified atom stereocenters. The van der Waals surface area contributed by atoms with Crippen molar-refractivity contribution in [2.24, 2.45) is 0 Å². The fourth-order valence-corrected chi connectivity index (χ4v) is 2.00. The summed E-state index contributed by atoms with van der Waals surface area (Å²) in [4.78, 5) is 13.4. The lowest BCUT2D eigenvalue weighted by atomic mass is 9.95. The monoisotopic (exact) mass is 215 g/mol. The van der Waals surface area contributed by atoms with Crippen molar-refractivity contribution < 1.29 is 14.3 Å².